The molecule has 3 heterocycles. The van der Waals surface area contributed by atoms with Crippen LogP contribution in [0.3, 0.4) is 0 Å². The van der Waals surface area contributed by atoms with E-state index in [-0.39, 0.29) is 0 Å². The molecule has 1 N–H and O–H groups in total. The Morgan fingerprint density at radius 1 is 1.05 bits per heavy atom. The predicted octanol–water partition coefficient (Wildman–Crippen LogP) is 0.952. The Hall–Kier alpha value is -0.650. The maximum Gasteiger partial charge on any atom is 0.303 e. The van der Waals surface area contributed by atoms with E-state index in [1.807, 2.05) is 0 Å². The van der Waals surface area contributed by atoms with E-state index in [1.54, 1.807) is 0 Å². The Bertz CT molecular complexity index is 355. The molecule has 5 nitrogen and oxygen atoms in total. The number of hydrogen-bond donors (Lipinski definition) is 1. The summed E-state index contributed by atoms with van der Waals surface area (Å²) in [6.07, 6.45) is 5.14. The average molecular weight is 295 g/mol. The van der Waals surface area contributed by atoms with Gasteiger partial charge in [0.25, 0.3) is 0 Å². The van der Waals surface area contributed by atoms with Crippen molar-refractivity contribution in [3.63, 3.8) is 0 Å². The predicted molar refractivity (Wildman–Crippen MR) is 82.4 cm³/mol. The number of carboxylic acid groups (broad SMARTS) is 1. The highest BCUT2D eigenvalue weighted by atomic mass is 16.4. The molecule has 0 spiro atoms. The lowest BCUT2D eigenvalue weighted by Crippen LogP contribution is -2.50. The first kappa shape index (κ1) is 15.3. The van der Waals surface area contributed by atoms with Crippen LogP contribution >= 0.6 is 0 Å². The van der Waals surface area contributed by atoms with E-state index < -0.39 is 5.97 Å². The van der Waals surface area contributed by atoms with Gasteiger partial charge in [-0.15, -0.1) is 0 Å². The molecule has 0 aromatic heterocycles. The summed E-state index contributed by atoms with van der Waals surface area (Å²) in [5.41, 5.74) is 0. The number of carbonyl (C=O) groups is 1. The maximum absolute atomic E-state index is 10.9. The summed E-state index contributed by atoms with van der Waals surface area (Å²) in [5.74, 6) is -0.204. The van der Waals surface area contributed by atoms with E-state index in [0.717, 1.165) is 12.8 Å². The van der Waals surface area contributed by atoms with Gasteiger partial charge in [0.1, 0.15) is 0 Å². The third kappa shape index (κ3) is 3.76. The van der Waals surface area contributed by atoms with Crippen molar-refractivity contribution < 1.29 is 9.90 Å². The van der Waals surface area contributed by atoms with Crippen LogP contribution < -0.4 is 0 Å². The number of fused-ring (bicyclic) bond motifs is 2. The highest BCUT2D eigenvalue weighted by Gasteiger charge is 2.40. The smallest absolute Gasteiger partial charge is 0.303 e. The first-order valence-electron chi connectivity index (χ1n) is 8.50. The van der Waals surface area contributed by atoms with Crippen molar-refractivity contribution in [2.75, 3.05) is 46.3 Å². The van der Waals surface area contributed by atoms with E-state index in [4.69, 9.17) is 5.11 Å². The van der Waals surface area contributed by atoms with Crippen molar-refractivity contribution in [1.82, 2.24) is 14.7 Å². The Morgan fingerprint density at radius 2 is 1.67 bits per heavy atom. The normalized spacial score (nSPS) is 35.2. The van der Waals surface area contributed by atoms with Gasteiger partial charge >= 0.3 is 5.97 Å². The molecule has 2 unspecified atom stereocenters. The van der Waals surface area contributed by atoms with Gasteiger partial charge in [-0.05, 0) is 38.6 Å². The second-order valence-corrected chi connectivity index (χ2v) is 7.20. The van der Waals surface area contributed by atoms with Gasteiger partial charge in [-0.3, -0.25) is 14.6 Å². The number of piperazine rings is 1. The minimum absolute atomic E-state index is 0.374. The number of aliphatic carboxylic acids is 1. The fourth-order valence-electron chi connectivity index (χ4n) is 4.49. The Kier molecular flexibility index (Phi) is 4.82. The van der Waals surface area contributed by atoms with Gasteiger partial charge in [0, 0.05) is 57.8 Å². The summed E-state index contributed by atoms with van der Waals surface area (Å²) >= 11 is 0. The molecule has 0 amide bonds. The highest BCUT2D eigenvalue weighted by molar-refractivity contribution is 5.67. The number of hydrogen-bond acceptors (Lipinski definition) is 4. The molecule has 0 aromatic carbocycles. The van der Waals surface area contributed by atoms with Crippen LogP contribution in [-0.4, -0.2) is 84.2 Å². The van der Waals surface area contributed by atoms with E-state index in [9.17, 15) is 4.79 Å². The van der Waals surface area contributed by atoms with Crippen molar-refractivity contribution in [2.24, 2.45) is 5.92 Å². The second-order valence-electron chi connectivity index (χ2n) is 7.20. The third-order valence-corrected chi connectivity index (χ3v) is 5.72. The molecule has 3 saturated heterocycles. The molecule has 120 valence electrons. The van der Waals surface area contributed by atoms with Crippen LogP contribution in [0, 0.1) is 5.92 Å². The van der Waals surface area contributed by atoms with Crippen LogP contribution in [0.4, 0.5) is 0 Å². The summed E-state index contributed by atoms with van der Waals surface area (Å²) in [7, 11) is 2.20. The standard InChI is InChI=1S/C16H29N3O2/c1-17-4-6-18(7-5-17)8-9-19-14-2-3-15(19)11-13(10-14)12-16(20)21/h13-15H,2-12H2,1H3,(H,20,21). The minimum Gasteiger partial charge on any atom is -0.481 e. The van der Waals surface area contributed by atoms with Gasteiger partial charge in [-0.25, -0.2) is 0 Å². The SMILES string of the molecule is CN1CCN(CCN2C3CCC2CC(CC(=O)O)C3)CC1. The monoisotopic (exact) mass is 295 g/mol. The van der Waals surface area contributed by atoms with Crippen LogP contribution in [0.15, 0.2) is 0 Å². The lowest BCUT2D eigenvalue weighted by Gasteiger charge is -2.40. The van der Waals surface area contributed by atoms with Crippen molar-refractivity contribution in [2.45, 2.75) is 44.2 Å². The van der Waals surface area contributed by atoms with Crippen molar-refractivity contribution in [3.8, 4) is 0 Å². The van der Waals surface area contributed by atoms with Crippen LogP contribution in [0.2, 0.25) is 0 Å². The van der Waals surface area contributed by atoms with E-state index in [2.05, 4.69) is 21.7 Å². The Morgan fingerprint density at radius 3 is 2.24 bits per heavy atom. The molecule has 3 aliphatic rings. The molecular weight excluding hydrogens is 266 g/mol. The zero-order chi connectivity index (χ0) is 14.8. The molecule has 0 aromatic rings. The highest BCUT2D eigenvalue weighted by Crippen LogP contribution is 2.39. The quantitative estimate of drug-likeness (QED) is 0.818. The molecule has 21 heavy (non-hydrogen) atoms. The molecule has 5 heteroatoms. The number of carboxylic acids is 1. The van der Waals surface area contributed by atoms with Crippen molar-refractivity contribution in [1.29, 1.82) is 0 Å². The summed E-state index contributed by atoms with van der Waals surface area (Å²) in [4.78, 5) is 18.6. The van der Waals surface area contributed by atoms with Gasteiger partial charge < -0.3 is 10.0 Å². The second kappa shape index (κ2) is 6.63. The Labute approximate surface area is 127 Å². The first-order chi connectivity index (χ1) is 10.1. The molecule has 3 fully saturated rings. The zero-order valence-corrected chi connectivity index (χ0v) is 13.2. The summed E-state index contributed by atoms with van der Waals surface area (Å²) in [5, 5.41) is 9.00. The Balaban J connectivity index is 1.46. The molecule has 2 bridgehead atoms. The molecule has 3 aliphatic heterocycles. The van der Waals surface area contributed by atoms with Gasteiger partial charge in [0.15, 0.2) is 0 Å². The van der Waals surface area contributed by atoms with Gasteiger partial charge in [0.2, 0.25) is 0 Å². The number of piperidine rings is 1. The molecule has 0 saturated carbocycles. The molecule has 0 radical (unpaired) electrons. The summed E-state index contributed by atoms with van der Waals surface area (Å²) in [6.45, 7) is 7.13. The summed E-state index contributed by atoms with van der Waals surface area (Å²) < 4.78 is 0. The van der Waals surface area contributed by atoms with E-state index >= 15 is 0 Å². The largest absolute Gasteiger partial charge is 0.481 e. The zero-order valence-electron chi connectivity index (χ0n) is 13.2. The summed E-state index contributed by atoms with van der Waals surface area (Å²) in [6, 6.07) is 1.31. The van der Waals surface area contributed by atoms with Crippen LogP contribution in [0.25, 0.3) is 0 Å². The topological polar surface area (TPSA) is 47.0 Å². The van der Waals surface area contributed by atoms with Crippen molar-refractivity contribution >= 4 is 5.97 Å². The van der Waals surface area contributed by atoms with Crippen molar-refractivity contribution in [3.05, 3.63) is 0 Å². The lowest BCUT2D eigenvalue weighted by molar-refractivity contribution is -0.138. The fourth-order valence-corrected chi connectivity index (χ4v) is 4.49. The average Bonchev–Trinajstić information content (AvgIpc) is 2.67. The van der Waals surface area contributed by atoms with E-state index in [1.165, 1.54) is 52.1 Å². The third-order valence-electron chi connectivity index (χ3n) is 5.72. The van der Waals surface area contributed by atoms with E-state index in [0.29, 0.717) is 24.4 Å². The first-order valence-corrected chi connectivity index (χ1v) is 8.50. The van der Waals surface area contributed by atoms with Crippen LogP contribution in [0.5, 0.6) is 0 Å². The number of rotatable bonds is 5. The molecular formula is C16H29N3O2. The maximum atomic E-state index is 10.9. The number of nitrogens with zero attached hydrogens (tertiary/aromatic N) is 3. The molecule has 2 atom stereocenters. The lowest BCUT2D eigenvalue weighted by atomic mass is 9.88. The number of likely N-dealkylation sites (N-methyl/N-ethyl adjacent to an activating group) is 1. The van der Waals surface area contributed by atoms with Gasteiger partial charge in [-0.2, -0.15) is 0 Å². The van der Waals surface area contributed by atoms with Crippen LogP contribution in [0.1, 0.15) is 32.1 Å². The minimum atomic E-state index is -0.620. The molecule has 0 aliphatic carbocycles. The molecule has 3 rings (SSSR count). The van der Waals surface area contributed by atoms with Gasteiger partial charge in [0.05, 0.1) is 0 Å². The van der Waals surface area contributed by atoms with Gasteiger partial charge in [-0.1, -0.05) is 0 Å². The fraction of sp³-hybridized carbons (Fsp3) is 0.938. The van der Waals surface area contributed by atoms with Crippen LogP contribution in [-0.2, 0) is 4.79 Å².